The Labute approximate surface area is 190 Å². The Balaban J connectivity index is 1.62. The molecular formula is C25H23ClF3NO2. The first kappa shape index (κ1) is 22.8. The Kier molecular flexibility index (Phi) is 7.16. The van der Waals surface area contributed by atoms with Gasteiger partial charge < -0.3 is 14.8 Å². The van der Waals surface area contributed by atoms with Crippen molar-refractivity contribution in [1.29, 1.82) is 0 Å². The molecule has 0 saturated carbocycles. The minimum absolute atomic E-state index is 0.0532. The van der Waals surface area contributed by atoms with Crippen LogP contribution in [0.1, 0.15) is 23.1 Å². The molecule has 1 aliphatic heterocycles. The molecule has 2 atom stereocenters. The summed E-state index contributed by atoms with van der Waals surface area (Å²) in [7, 11) is 0. The number of hydrogen-bond donors (Lipinski definition) is 1. The highest BCUT2D eigenvalue weighted by Gasteiger charge is 2.44. The Morgan fingerprint density at radius 2 is 1.62 bits per heavy atom. The molecule has 0 amide bonds. The molecule has 0 bridgehead atoms. The van der Waals surface area contributed by atoms with Crippen LogP contribution in [0.25, 0.3) is 0 Å². The SMILES string of the molecule is Fc1cc(F)c(CO[C@H]2CNCC[C@@]2(OCc2ccccc2)c2ccc(Cl)cc2)cc1F. The number of ether oxygens (including phenoxy) is 2. The van der Waals surface area contributed by atoms with Crippen molar-refractivity contribution < 1.29 is 22.6 Å². The molecule has 0 radical (unpaired) electrons. The zero-order chi connectivity index (χ0) is 22.6. The molecule has 1 fully saturated rings. The second-order valence-corrected chi connectivity index (χ2v) is 8.22. The number of benzene rings is 3. The van der Waals surface area contributed by atoms with E-state index < -0.39 is 29.2 Å². The van der Waals surface area contributed by atoms with Crippen molar-refractivity contribution in [3.63, 3.8) is 0 Å². The van der Waals surface area contributed by atoms with Crippen LogP contribution in [0.2, 0.25) is 5.02 Å². The van der Waals surface area contributed by atoms with Crippen LogP contribution in [-0.4, -0.2) is 19.2 Å². The maximum atomic E-state index is 14.2. The molecule has 1 saturated heterocycles. The minimum Gasteiger partial charge on any atom is -0.369 e. The van der Waals surface area contributed by atoms with Crippen molar-refractivity contribution >= 4 is 11.6 Å². The molecule has 1 N–H and O–H groups in total. The van der Waals surface area contributed by atoms with E-state index in [0.29, 0.717) is 37.2 Å². The monoisotopic (exact) mass is 461 g/mol. The van der Waals surface area contributed by atoms with Crippen molar-refractivity contribution in [3.05, 3.63) is 106 Å². The van der Waals surface area contributed by atoms with E-state index in [9.17, 15) is 13.2 Å². The number of rotatable bonds is 7. The smallest absolute Gasteiger partial charge is 0.161 e. The molecule has 1 heterocycles. The van der Waals surface area contributed by atoms with Gasteiger partial charge >= 0.3 is 0 Å². The Bertz CT molecular complexity index is 1050. The van der Waals surface area contributed by atoms with Gasteiger partial charge in [-0.1, -0.05) is 54.1 Å². The molecule has 1 aliphatic rings. The van der Waals surface area contributed by atoms with Gasteiger partial charge in [0.25, 0.3) is 0 Å². The number of hydrogen-bond acceptors (Lipinski definition) is 3. The molecule has 7 heteroatoms. The molecule has 32 heavy (non-hydrogen) atoms. The van der Waals surface area contributed by atoms with Crippen molar-refractivity contribution in [2.24, 2.45) is 0 Å². The van der Waals surface area contributed by atoms with E-state index in [4.69, 9.17) is 21.1 Å². The van der Waals surface area contributed by atoms with Crippen LogP contribution in [0.15, 0.2) is 66.7 Å². The molecule has 3 nitrogen and oxygen atoms in total. The third kappa shape index (κ3) is 4.99. The summed E-state index contributed by atoms with van der Waals surface area (Å²) < 4.78 is 53.7. The lowest BCUT2D eigenvalue weighted by molar-refractivity contribution is -0.176. The third-order valence-electron chi connectivity index (χ3n) is 5.72. The second kappa shape index (κ2) is 10.0. The van der Waals surface area contributed by atoms with E-state index in [-0.39, 0.29) is 12.2 Å². The van der Waals surface area contributed by atoms with Crippen molar-refractivity contribution in [2.45, 2.75) is 31.3 Å². The van der Waals surface area contributed by atoms with Crippen molar-refractivity contribution in [1.82, 2.24) is 5.32 Å². The van der Waals surface area contributed by atoms with Crippen LogP contribution >= 0.6 is 11.6 Å². The third-order valence-corrected chi connectivity index (χ3v) is 5.98. The first-order valence-corrected chi connectivity index (χ1v) is 10.8. The summed E-state index contributed by atoms with van der Waals surface area (Å²) in [5.41, 5.74) is 1.00. The van der Waals surface area contributed by atoms with Crippen LogP contribution in [0.5, 0.6) is 0 Å². The van der Waals surface area contributed by atoms with E-state index in [2.05, 4.69) is 5.32 Å². The van der Waals surface area contributed by atoms with Crippen LogP contribution in [0.3, 0.4) is 0 Å². The van der Waals surface area contributed by atoms with Crippen LogP contribution in [0.4, 0.5) is 13.2 Å². The Hall–Kier alpha value is -2.38. The number of piperidine rings is 1. The summed E-state index contributed by atoms with van der Waals surface area (Å²) in [6, 6.07) is 18.5. The Morgan fingerprint density at radius 3 is 2.38 bits per heavy atom. The van der Waals surface area contributed by atoms with Crippen LogP contribution in [0, 0.1) is 17.5 Å². The highest BCUT2D eigenvalue weighted by atomic mass is 35.5. The lowest BCUT2D eigenvalue weighted by Gasteiger charge is -2.44. The topological polar surface area (TPSA) is 30.5 Å². The highest BCUT2D eigenvalue weighted by Crippen LogP contribution is 2.38. The maximum Gasteiger partial charge on any atom is 0.161 e. The normalized spacial score (nSPS) is 20.9. The van der Waals surface area contributed by atoms with Crippen molar-refractivity contribution in [3.8, 4) is 0 Å². The van der Waals surface area contributed by atoms with Gasteiger partial charge in [0.05, 0.1) is 13.2 Å². The molecule has 3 aromatic carbocycles. The highest BCUT2D eigenvalue weighted by molar-refractivity contribution is 6.30. The summed E-state index contributed by atoms with van der Waals surface area (Å²) in [5, 5.41) is 3.88. The summed E-state index contributed by atoms with van der Waals surface area (Å²) in [5.74, 6) is -3.20. The fourth-order valence-corrected chi connectivity index (χ4v) is 4.11. The fourth-order valence-electron chi connectivity index (χ4n) is 3.99. The molecule has 4 rings (SSSR count). The van der Waals surface area contributed by atoms with Gasteiger partial charge in [-0.15, -0.1) is 0 Å². The molecule has 168 valence electrons. The fraction of sp³-hybridized carbons (Fsp3) is 0.280. The quantitative estimate of drug-likeness (QED) is 0.454. The summed E-state index contributed by atoms with van der Waals surface area (Å²) in [4.78, 5) is 0. The molecule has 0 spiro atoms. The van der Waals surface area contributed by atoms with E-state index in [1.165, 1.54) is 0 Å². The van der Waals surface area contributed by atoms with Crippen LogP contribution in [-0.2, 0) is 28.3 Å². The van der Waals surface area contributed by atoms with Crippen LogP contribution < -0.4 is 5.32 Å². The first-order chi connectivity index (χ1) is 15.5. The lowest BCUT2D eigenvalue weighted by Crippen LogP contribution is -2.54. The van der Waals surface area contributed by atoms with Crippen molar-refractivity contribution in [2.75, 3.05) is 13.1 Å². The van der Waals surface area contributed by atoms with Gasteiger partial charge in [-0.25, -0.2) is 13.2 Å². The molecule has 3 aromatic rings. The predicted octanol–water partition coefficient (Wildman–Crippen LogP) is 5.75. The van der Waals surface area contributed by atoms with Gasteiger partial charge in [0.2, 0.25) is 0 Å². The lowest BCUT2D eigenvalue weighted by atomic mass is 9.82. The summed E-state index contributed by atoms with van der Waals surface area (Å²) >= 11 is 6.10. The second-order valence-electron chi connectivity index (χ2n) is 7.78. The van der Waals surface area contributed by atoms with Gasteiger partial charge in [0.15, 0.2) is 11.6 Å². The van der Waals surface area contributed by atoms with E-state index in [1.807, 2.05) is 42.5 Å². The largest absolute Gasteiger partial charge is 0.369 e. The van der Waals surface area contributed by atoms with E-state index in [1.54, 1.807) is 12.1 Å². The zero-order valence-electron chi connectivity index (χ0n) is 17.3. The predicted molar refractivity (Wildman–Crippen MR) is 117 cm³/mol. The van der Waals surface area contributed by atoms with E-state index >= 15 is 0 Å². The maximum absolute atomic E-state index is 14.2. The average Bonchev–Trinajstić information content (AvgIpc) is 2.81. The number of halogens is 4. The van der Waals surface area contributed by atoms with Gasteiger partial charge in [-0.3, -0.25) is 0 Å². The molecule has 0 aromatic heterocycles. The standard InChI is InChI=1S/C25H23ClF3NO2/c26-20-8-6-19(7-9-20)25(32-15-17-4-2-1-3-5-17)10-11-30-14-24(25)31-16-18-12-22(28)23(29)13-21(18)27/h1-9,12-13,24,30H,10-11,14-16H2/t24-,25+/m0/s1. The Morgan fingerprint density at radius 1 is 0.906 bits per heavy atom. The van der Waals surface area contributed by atoms with Gasteiger partial charge in [-0.2, -0.15) is 0 Å². The average molecular weight is 462 g/mol. The first-order valence-electron chi connectivity index (χ1n) is 10.4. The zero-order valence-corrected chi connectivity index (χ0v) is 18.0. The van der Waals surface area contributed by atoms with Gasteiger partial charge in [-0.05, 0) is 42.3 Å². The molecule has 0 aliphatic carbocycles. The summed E-state index contributed by atoms with van der Waals surface area (Å²) in [6.45, 7) is 1.27. The minimum atomic E-state index is -1.23. The summed E-state index contributed by atoms with van der Waals surface area (Å²) in [6.07, 6.45) is 0.0977. The van der Waals surface area contributed by atoms with Gasteiger partial charge in [0.1, 0.15) is 17.5 Å². The molecular weight excluding hydrogens is 439 g/mol. The number of nitrogens with one attached hydrogen (secondary N) is 1. The molecule has 0 unspecified atom stereocenters. The van der Waals surface area contributed by atoms with Gasteiger partial charge in [0, 0.05) is 23.2 Å². The van der Waals surface area contributed by atoms with E-state index in [0.717, 1.165) is 17.2 Å².